The second kappa shape index (κ2) is 8.54. The van der Waals surface area contributed by atoms with Crippen LogP contribution in [-0.4, -0.2) is 45.1 Å². The van der Waals surface area contributed by atoms with E-state index in [1.54, 1.807) is 14.0 Å². The van der Waals surface area contributed by atoms with Gasteiger partial charge in [0.25, 0.3) is 0 Å². The Hall–Kier alpha value is -1.61. The first-order chi connectivity index (χ1) is 9.58. The van der Waals surface area contributed by atoms with E-state index < -0.39 is 6.10 Å². The van der Waals surface area contributed by atoms with Gasteiger partial charge in [0.15, 0.2) is 0 Å². The predicted molar refractivity (Wildman–Crippen MR) is 79.7 cm³/mol. The first-order valence-corrected chi connectivity index (χ1v) is 6.70. The number of nitrogens with one attached hydrogen (secondary N) is 1. The summed E-state index contributed by atoms with van der Waals surface area (Å²) in [6.07, 6.45) is -0.429. The molecule has 0 saturated carbocycles. The first-order valence-electron chi connectivity index (χ1n) is 6.70. The standard InChI is InChI=1S/C15H23N3O2/c1-12(19)11-18(2)15-5-4-13(8-14(15)9-16)10-17-6-7-20-3/h4-5,8,12,17,19H,6-7,10-11H2,1-3H3. The van der Waals surface area contributed by atoms with Crippen molar-refractivity contribution in [3.63, 3.8) is 0 Å². The molecule has 110 valence electrons. The Morgan fingerprint density at radius 1 is 1.50 bits per heavy atom. The highest BCUT2D eigenvalue weighted by Gasteiger charge is 2.10. The number of aliphatic hydroxyl groups is 1. The Morgan fingerprint density at radius 3 is 2.85 bits per heavy atom. The predicted octanol–water partition coefficient (Wildman–Crippen LogP) is 1.11. The van der Waals surface area contributed by atoms with Gasteiger partial charge in [-0.25, -0.2) is 0 Å². The van der Waals surface area contributed by atoms with Gasteiger partial charge >= 0.3 is 0 Å². The van der Waals surface area contributed by atoms with E-state index in [0.29, 0.717) is 25.3 Å². The molecule has 0 bridgehead atoms. The smallest absolute Gasteiger partial charge is 0.101 e. The minimum atomic E-state index is -0.429. The number of ether oxygens (including phenoxy) is 1. The second-order valence-corrected chi connectivity index (χ2v) is 4.86. The van der Waals surface area contributed by atoms with E-state index in [2.05, 4.69) is 11.4 Å². The van der Waals surface area contributed by atoms with Gasteiger partial charge in [0.05, 0.1) is 24.0 Å². The topological polar surface area (TPSA) is 68.5 Å². The number of aliphatic hydroxyl groups excluding tert-OH is 1. The van der Waals surface area contributed by atoms with Gasteiger partial charge in [0.1, 0.15) is 6.07 Å². The summed E-state index contributed by atoms with van der Waals surface area (Å²) in [5, 5.41) is 21.9. The number of benzene rings is 1. The quantitative estimate of drug-likeness (QED) is 0.697. The maximum Gasteiger partial charge on any atom is 0.101 e. The molecule has 1 rings (SSSR count). The largest absolute Gasteiger partial charge is 0.392 e. The maximum absolute atomic E-state index is 9.42. The van der Waals surface area contributed by atoms with Crippen molar-refractivity contribution in [1.29, 1.82) is 5.26 Å². The Morgan fingerprint density at radius 2 is 2.25 bits per heavy atom. The average molecular weight is 277 g/mol. The van der Waals surface area contributed by atoms with Crippen molar-refractivity contribution in [3.05, 3.63) is 29.3 Å². The summed E-state index contributed by atoms with van der Waals surface area (Å²) in [5.41, 5.74) is 2.53. The number of hydrogen-bond acceptors (Lipinski definition) is 5. The summed E-state index contributed by atoms with van der Waals surface area (Å²) in [4.78, 5) is 1.89. The van der Waals surface area contributed by atoms with E-state index in [4.69, 9.17) is 4.74 Å². The van der Waals surface area contributed by atoms with Crippen molar-refractivity contribution in [2.45, 2.75) is 19.6 Å². The molecular formula is C15H23N3O2. The maximum atomic E-state index is 9.42. The molecule has 0 radical (unpaired) electrons. The van der Waals surface area contributed by atoms with Crippen LogP contribution in [0.15, 0.2) is 18.2 Å². The van der Waals surface area contributed by atoms with Crippen LogP contribution >= 0.6 is 0 Å². The molecule has 20 heavy (non-hydrogen) atoms. The average Bonchev–Trinajstić information content (AvgIpc) is 2.42. The van der Waals surface area contributed by atoms with Crippen LogP contribution in [0.3, 0.4) is 0 Å². The zero-order chi connectivity index (χ0) is 15.0. The van der Waals surface area contributed by atoms with Gasteiger partial charge in [0, 0.05) is 33.8 Å². The lowest BCUT2D eigenvalue weighted by molar-refractivity contribution is 0.199. The van der Waals surface area contributed by atoms with Crippen LogP contribution < -0.4 is 10.2 Å². The van der Waals surface area contributed by atoms with Crippen molar-refractivity contribution in [2.75, 3.05) is 38.8 Å². The molecule has 0 amide bonds. The van der Waals surface area contributed by atoms with E-state index in [-0.39, 0.29) is 0 Å². The molecule has 1 aromatic rings. The number of nitrogens with zero attached hydrogens (tertiary/aromatic N) is 2. The molecule has 0 fully saturated rings. The SMILES string of the molecule is COCCNCc1ccc(N(C)CC(C)O)c(C#N)c1. The van der Waals surface area contributed by atoms with E-state index in [1.807, 2.05) is 30.1 Å². The first kappa shape index (κ1) is 16.4. The summed E-state index contributed by atoms with van der Waals surface area (Å²) in [7, 11) is 3.54. The lowest BCUT2D eigenvalue weighted by Crippen LogP contribution is -2.27. The summed E-state index contributed by atoms with van der Waals surface area (Å²) in [6.45, 7) is 4.39. The van der Waals surface area contributed by atoms with Crippen LogP contribution in [0.5, 0.6) is 0 Å². The highest BCUT2D eigenvalue weighted by molar-refractivity contribution is 5.60. The van der Waals surface area contributed by atoms with Gasteiger partial charge < -0.3 is 20.1 Å². The second-order valence-electron chi connectivity index (χ2n) is 4.86. The minimum Gasteiger partial charge on any atom is -0.392 e. The Labute approximate surface area is 120 Å². The van der Waals surface area contributed by atoms with Gasteiger partial charge in [0.2, 0.25) is 0 Å². The summed E-state index contributed by atoms with van der Waals surface area (Å²) >= 11 is 0. The zero-order valence-electron chi connectivity index (χ0n) is 12.4. The number of rotatable bonds is 8. The van der Waals surface area contributed by atoms with Crippen LogP contribution in [0.1, 0.15) is 18.1 Å². The van der Waals surface area contributed by atoms with Crippen molar-refractivity contribution in [2.24, 2.45) is 0 Å². The van der Waals surface area contributed by atoms with Crippen molar-refractivity contribution >= 4 is 5.69 Å². The molecule has 0 aliphatic rings. The van der Waals surface area contributed by atoms with Crippen LogP contribution in [0, 0.1) is 11.3 Å². The lowest BCUT2D eigenvalue weighted by atomic mass is 10.1. The third-order valence-electron chi connectivity index (χ3n) is 2.94. The molecule has 1 atom stereocenters. The van der Waals surface area contributed by atoms with E-state index in [0.717, 1.165) is 17.8 Å². The van der Waals surface area contributed by atoms with Crippen LogP contribution in [0.25, 0.3) is 0 Å². The summed E-state index contributed by atoms with van der Waals surface area (Å²) in [6, 6.07) is 8.02. The summed E-state index contributed by atoms with van der Waals surface area (Å²) in [5.74, 6) is 0. The van der Waals surface area contributed by atoms with Crippen molar-refractivity contribution in [3.8, 4) is 6.07 Å². The third-order valence-corrected chi connectivity index (χ3v) is 2.94. The van der Waals surface area contributed by atoms with Crippen molar-refractivity contribution < 1.29 is 9.84 Å². The zero-order valence-corrected chi connectivity index (χ0v) is 12.4. The molecule has 1 unspecified atom stereocenters. The number of nitriles is 1. The molecule has 0 heterocycles. The summed E-state index contributed by atoms with van der Waals surface area (Å²) < 4.78 is 4.97. The molecular weight excluding hydrogens is 254 g/mol. The molecule has 0 aromatic heterocycles. The fraction of sp³-hybridized carbons (Fsp3) is 0.533. The lowest BCUT2D eigenvalue weighted by Gasteiger charge is -2.22. The molecule has 0 aliphatic heterocycles. The van der Waals surface area contributed by atoms with E-state index >= 15 is 0 Å². The molecule has 0 saturated heterocycles. The number of hydrogen-bond donors (Lipinski definition) is 2. The van der Waals surface area contributed by atoms with Crippen LogP contribution in [-0.2, 0) is 11.3 Å². The van der Waals surface area contributed by atoms with Gasteiger partial charge in [-0.2, -0.15) is 5.26 Å². The van der Waals surface area contributed by atoms with Gasteiger partial charge in [-0.1, -0.05) is 6.07 Å². The Balaban J connectivity index is 2.73. The number of anilines is 1. The van der Waals surface area contributed by atoms with Crippen molar-refractivity contribution in [1.82, 2.24) is 5.32 Å². The Kier molecular flexibility index (Phi) is 7.02. The van der Waals surface area contributed by atoms with E-state index in [1.165, 1.54) is 0 Å². The Bertz CT molecular complexity index is 455. The molecule has 2 N–H and O–H groups in total. The monoisotopic (exact) mass is 277 g/mol. The molecule has 0 aliphatic carbocycles. The highest BCUT2D eigenvalue weighted by Crippen LogP contribution is 2.20. The normalized spacial score (nSPS) is 11.9. The van der Waals surface area contributed by atoms with E-state index in [9.17, 15) is 10.4 Å². The number of likely N-dealkylation sites (N-methyl/N-ethyl adjacent to an activating group) is 1. The fourth-order valence-corrected chi connectivity index (χ4v) is 2.02. The van der Waals surface area contributed by atoms with Gasteiger partial charge in [-0.05, 0) is 24.6 Å². The fourth-order valence-electron chi connectivity index (χ4n) is 2.02. The van der Waals surface area contributed by atoms with Gasteiger partial charge in [-0.15, -0.1) is 0 Å². The molecule has 5 heteroatoms. The minimum absolute atomic E-state index is 0.429. The third kappa shape index (κ3) is 5.17. The number of methoxy groups -OCH3 is 1. The molecule has 5 nitrogen and oxygen atoms in total. The van der Waals surface area contributed by atoms with Crippen LogP contribution in [0.2, 0.25) is 0 Å². The molecule has 0 spiro atoms. The highest BCUT2D eigenvalue weighted by atomic mass is 16.5. The molecule has 1 aromatic carbocycles. The van der Waals surface area contributed by atoms with Gasteiger partial charge in [-0.3, -0.25) is 0 Å². The van der Waals surface area contributed by atoms with Crippen LogP contribution in [0.4, 0.5) is 5.69 Å².